The molecule has 0 heterocycles. The lowest BCUT2D eigenvalue weighted by Crippen LogP contribution is -2.33. The molecular formula is C10H11BF3O-. The van der Waals surface area contributed by atoms with Crippen LogP contribution in [-0.2, 0) is 0 Å². The van der Waals surface area contributed by atoms with E-state index in [0.29, 0.717) is 0 Å². The first-order valence-corrected chi connectivity index (χ1v) is 4.58. The minimum Gasteiger partial charge on any atom is -0.490 e. The Hall–Kier alpha value is -1.39. The summed E-state index contributed by atoms with van der Waals surface area (Å²) in [6.45, 7) is -2.84. The van der Waals surface area contributed by atoms with Gasteiger partial charge in [0.05, 0.1) is 0 Å². The molecule has 0 radical (unpaired) electrons. The summed E-state index contributed by atoms with van der Waals surface area (Å²) in [6, 6.07) is 4.91. The van der Waals surface area contributed by atoms with Gasteiger partial charge in [-0.25, -0.2) is 0 Å². The molecule has 0 fully saturated rings. The molecule has 1 rings (SSSR count). The van der Waals surface area contributed by atoms with E-state index in [1.807, 2.05) is 6.92 Å². The Morgan fingerprint density at radius 1 is 1.33 bits per heavy atom. The Balaban J connectivity index is 2.75. The van der Waals surface area contributed by atoms with E-state index in [1.165, 1.54) is 12.1 Å². The lowest BCUT2D eigenvalue weighted by molar-refractivity contribution is 0.362. The summed E-state index contributed by atoms with van der Waals surface area (Å²) in [7, 11) is 0. The summed E-state index contributed by atoms with van der Waals surface area (Å²) in [5.41, 5.74) is -0.632. The minimum absolute atomic E-state index is 0.241. The van der Waals surface area contributed by atoms with E-state index in [9.17, 15) is 12.9 Å². The molecule has 0 amide bonds. The van der Waals surface area contributed by atoms with Crippen LogP contribution in [0.15, 0.2) is 36.4 Å². The van der Waals surface area contributed by atoms with Crippen molar-refractivity contribution in [2.75, 3.05) is 6.61 Å². The number of rotatable bonds is 4. The van der Waals surface area contributed by atoms with Gasteiger partial charge in [0.2, 0.25) is 0 Å². The van der Waals surface area contributed by atoms with E-state index in [0.717, 1.165) is 12.1 Å². The zero-order valence-electron chi connectivity index (χ0n) is 8.29. The topological polar surface area (TPSA) is 9.23 Å². The fraction of sp³-hybridized carbons (Fsp3) is 0.200. The van der Waals surface area contributed by atoms with Crippen molar-refractivity contribution >= 4 is 12.4 Å². The van der Waals surface area contributed by atoms with Crippen LogP contribution in [0.5, 0.6) is 5.75 Å². The summed E-state index contributed by atoms with van der Waals surface area (Å²) in [4.78, 5) is 0. The molecule has 0 bridgehead atoms. The third kappa shape index (κ3) is 3.69. The second kappa shape index (κ2) is 4.91. The van der Waals surface area contributed by atoms with Crippen LogP contribution in [0.1, 0.15) is 6.92 Å². The zero-order valence-corrected chi connectivity index (χ0v) is 8.29. The fourth-order valence-corrected chi connectivity index (χ4v) is 1.05. The largest absolute Gasteiger partial charge is 0.509 e. The molecule has 0 saturated carbocycles. The van der Waals surface area contributed by atoms with Crippen LogP contribution in [0.2, 0.25) is 0 Å². The van der Waals surface area contributed by atoms with Gasteiger partial charge in [-0.2, -0.15) is 0 Å². The van der Waals surface area contributed by atoms with E-state index < -0.39 is 12.4 Å². The monoisotopic (exact) mass is 215 g/mol. The lowest BCUT2D eigenvalue weighted by atomic mass is 9.80. The van der Waals surface area contributed by atoms with E-state index in [4.69, 9.17) is 4.74 Å². The van der Waals surface area contributed by atoms with Crippen LogP contribution >= 0.6 is 0 Å². The number of ether oxygens (including phenoxy) is 1. The Morgan fingerprint density at radius 3 is 2.67 bits per heavy atom. The van der Waals surface area contributed by atoms with Crippen molar-refractivity contribution in [2.45, 2.75) is 6.92 Å². The third-order valence-corrected chi connectivity index (χ3v) is 1.82. The van der Waals surface area contributed by atoms with Crippen LogP contribution in [0.3, 0.4) is 0 Å². The van der Waals surface area contributed by atoms with Gasteiger partial charge in [0.1, 0.15) is 12.4 Å². The van der Waals surface area contributed by atoms with Gasteiger partial charge in [0.15, 0.2) is 0 Å². The molecule has 0 aliphatic carbocycles. The van der Waals surface area contributed by atoms with E-state index in [2.05, 4.69) is 0 Å². The molecule has 82 valence electrons. The molecule has 0 atom stereocenters. The molecule has 1 aromatic rings. The quantitative estimate of drug-likeness (QED) is 0.554. The predicted molar refractivity (Wildman–Crippen MR) is 55.5 cm³/mol. The molecule has 0 unspecified atom stereocenters. The molecule has 0 aliphatic rings. The highest BCUT2D eigenvalue weighted by molar-refractivity contribution is 6.73. The standard InChI is InChI=1S/C10H11BF3O/c1-2-3-7-15-10-6-4-5-9(8-10)11(12,13)14/h2-6,8H,7H2,1H3/q-1. The third-order valence-electron chi connectivity index (χ3n) is 1.82. The zero-order chi connectivity index (χ0) is 11.3. The molecule has 5 heteroatoms. The molecule has 1 aromatic carbocycles. The van der Waals surface area contributed by atoms with Gasteiger partial charge in [0, 0.05) is 0 Å². The molecule has 0 saturated heterocycles. The molecule has 0 spiro atoms. The SMILES string of the molecule is CC=CCOc1cccc([B-](F)(F)F)c1. The van der Waals surface area contributed by atoms with Gasteiger partial charge in [-0.1, -0.05) is 24.3 Å². The summed E-state index contributed by atoms with van der Waals surface area (Å²) < 4.78 is 42.2. The van der Waals surface area contributed by atoms with Crippen molar-refractivity contribution in [2.24, 2.45) is 0 Å². The Labute approximate surface area is 86.6 Å². The normalized spacial score (nSPS) is 12.0. The van der Waals surface area contributed by atoms with Gasteiger partial charge in [-0.15, -0.1) is 5.46 Å². The summed E-state index contributed by atoms with van der Waals surface area (Å²) in [5, 5.41) is 0. The van der Waals surface area contributed by atoms with Crippen LogP contribution in [0.25, 0.3) is 0 Å². The average Bonchev–Trinajstić information content (AvgIpc) is 2.17. The Kier molecular flexibility index (Phi) is 3.83. The fourth-order valence-electron chi connectivity index (χ4n) is 1.05. The van der Waals surface area contributed by atoms with Crippen molar-refractivity contribution in [1.29, 1.82) is 0 Å². The van der Waals surface area contributed by atoms with E-state index in [-0.39, 0.29) is 12.4 Å². The Bertz CT molecular complexity index is 347. The summed E-state index contributed by atoms with van der Waals surface area (Å²) in [5.74, 6) is 0.241. The highest BCUT2D eigenvalue weighted by Gasteiger charge is 2.25. The maximum absolute atomic E-state index is 12.3. The smallest absolute Gasteiger partial charge is 0.490 e. The molecule has 0 aromatic heterocycles. The average molecular weight is 215 g/mol. The molecule has 0 N–H and O–H groups in total. The van der Waals surface area contributed by atoms with Gasteiger partial charge in [-0.3, -0.25) is 0 Å². The molecule has 1 nitrogen and oxygen atoms in total. The van der Waals surface area contributed by atoms with Crippen molar-refractivity contribution in [3.63, 3.8) is 0 Å². The predicted octanol–water partition coefficient (Wildman–Crippen LogP) is 2.70. The first kappa shape index (κ1) is 11.7. The second-order valence-electron chi connectivity index (χ2n) is 3.03. The van der Waals surface area contributed by atoms with Crippen LogP contribution < -0.4 is 10.2 Å². The minimum atomic E-state index is -4.95. The summed E-state index contributed by atoms with van der Waals surface area (Å²) >= 11 is 0. The van der Waals surface area contributed by atoms with Crippen molar-refractivity contribution in [3.8, 4) is 5.75 Å². The first-order chi connectivity index (χ1) is 7.04. The maximum atomic E-state index is 12.3. The molecular weight excluding hydrogens is 204 g/mol. The number of benzene rings is 1. The van der Waals surface area contributed by atoms with Crippen molar-refractivity contribution in [3.05, 3.63) is 36.4 Å². The number of hydrogen-bond acceptors (Lipinski definition) is 1. The van der Waals surface area contributed by atoms with Crippen molar-refractivity contribution < 1.29 is 17.7 Å². The summed E-state index contributed by atoms with van der Waals surface area (Å²) in [6.07, 6.45) is 3.50. The van der Waals surface area contributed by atoms with E-state index in [1.54, 1.807) is 12.2 Å². The van der Waals surface area contributed by atoms with Gasteiger partial charge >= 0.3 is 6.98 Å². The Morgan fingerprint density at radius 2 is 2.07 bits per heavy atom. The number of halogens is 3. The second-order valence-corrected chi connectivity index (χ2v) is 3.03. The highest BCUT2D eigenvalue weighted by atomic mass is 19.4. The van der Waals surface area contributed by atoms with Gasteiger partial charge < -0.3 is 17.7 Å². The maximum Gasteiger partial charge on any atom is 0.509 e. The molecule has 15 heavy (non-hydrogen) atoms. The van der Waals surface area contributed by atoms with Crippen LogP contribution in [-0.4, -0.2) is 13.6 Å². The van der Waals surface area contributed by atoms with Gasteiger partial charge in [0.25, 0.3) is 0 Å². The van der Waals surface area contributed by atoms with Crippen LogP contribution in [0.4, 0.5) is 12.9 Å². The lowest BCUT2D eigenvalue weighted by Gasteiger charge is -2.15. The molecule has 0 aliphatic heterocycles. The number of allylic oxidation sites excluding steroid dienone is 1. The van der Waals surface area contributed by atoms with Crippen LogP contribution in [0, 0.1) is 0 Å². The van der Waals surface area contributed by atoms with Gasteiger partial charge in [-0.05, 0) is 19.1 Å². The number of hydrogen-bond donors (Lipinski definition) is 0. The van der Waals surface area contributed by atoms with E-state index >= 15 is 0 Å². The highest BCUT2D eigenvalue weighted by Crippen LogP contribution is 2.14. The van der Waals surface area contributed by atoms with Crippen molar-refractivity contribution in [1.82, 2.24) is 0 Å². The first-order valence-electron chi connectivity index (χ1n) is 4.58.